The molecule has 0 saturated carbocycles. The summed E-state index contributed by atoms with van der Waals surface area (Å²) in [6.45, 7) is 5.18. The number of ether oxygens (including phenoxy) is 3. The highest BCUT2D eigenvalue weighted by Gasteiger charge is 2.22. The van der Waals surface area contributed by atoms with Crippen LogP contribution in [0.2, 0.25) is 0 Å². The summed E-state index contributed by atoms with van der Waals surface area (Å²) in [4.78, 5) is 23.6. The lowest BCUT2D eigenvalue weighted by molar-refractivity contribution is -0.132. The van der Waals surface area contributed by atoms with E-state index in [1.165, 1.54) is 7.11 Å². The van der Waals surface area contributed by atoms with Crippen LogP contribution in [0.1, 0.15) is 32.4 Å². The molecule has 0 aliphatic rings. The van der Waals surface area contributed by atoms with Crippen LogP contribution >= 0.6 is 0 Å². The summed E-state index contributed by atoms with van der Waals surface area (Å²) in [6.07, 6.45) is -1.61. The van der Waals surface area contributed by atoms with E-state index in [-0.39, 0.29) is 0 Å². The Morgan fingerprint density at radius 1 is 1.05 bits per heavy atom. The van der Waals surface area contributed by atoms with Crippen LogP contribution in [-0.2, 0) is 14.3 Å². The predicted octanol–water partition coefficient (Wildman–Crippen LogP) is 1.94. The number of carbonyl (C=O) groups is 2. The third-order valence-electron chi connectivity index (χ3n) is 2.58. The summed E-state index contributed by atoms with van der Waals surface area (Å²) in [6, 6.07) is 6.85. The van der Waals surface area contributed by atoms with Gasteiger partial charge in [-0.05, 0) is 38.5 Å². The van der Waals surface area contributed by atoms with Crippen molar-refractivity contribution in [3.05, 3.63) is 29.8 Å². The Balaban J connectivity index is 2.62. The first-order valence-electron chi connectivity index (χ1n) is 6.72. The first kappa shape index (κ1) is 17.8. The van der Waals surface area contributed by atoms with Crippen molar-refractivity contribution in [2.45, 2.75) is 32.5 Å². The maximum absolute atomic E-state index is 12.1. The number of nitrogens with one attached hydrogen (secondary N) is 2. The summed E-state index contributed by atoms with van der Waals surface area (Å²) in [5.41, 5.74) is 4.43. The highest BCUT2D eigenvalue weighted by atomic mass is 16.6. The van der Waals surface area contributed by atoms with Crippen molar-refractivity contribution in [1.29, 1.82) is 0 Å². The highest BCUT2D eigenvalue weighted by molar-refractivity contribution is 5.84. The number of amides is 2. The first-order chi connectivity index (χ1) is 10.3. The standard InChI is InChI=1S/C15H22N2O5/c1-15(2,3)22-14(19)17-16-13(18)12(21-5)10-6-8-11(20-4)9-7-10/h6-9,12H,1-5H3,(H,16,18)(H,17,19). The number of hydrogen-bond acceptors (Lipinski definition) is 5. The zero-order valence-corrected chi connectivity index (χ0v) is 13.4. The molecule has 22 heavy (non-hydrogen) atoms. The van der Waals surface area contributed by atoms with Gasteiger partial charge in [0.25, 0.3) is 5.91 Å². The van der Waals surface area contributed by atoms with Gasteiger partial charge in [0.1, 0.15) is 11.4 Å². The van der Waals surface area contributed by atoms with Crippen LogP contribution in [0.15, 0.2) is 24.3 Å². The summed E-state index contributed by atoms with van der Waals surface area (Å²) in [5, 5.41) is 0. The Kier molecular flexibility index (Phi) is 6.18. The van der Waals surface area contributed by atoms with E-state index in [1.54, 1.807) is 52.1 Å². The van der Waals surface area contributed by atoms with Gasteiger partial charge in [-0.3, -0.25) is 10.2 Å². The van der Waals surface area contributed by atoms with Crippen LogP contribution in [0.3, 0.4) is 0 Å². The van der Waals surface area contributed by atoms with Crippen LogP contribution in [0.4, 0.5) is 4.79 Å². The maximum Gasteiger partial charge on any atom is 0.426 e. The molecule has 1 aromatic rings. The number of carbonyl (C=O) groups excluding carboxylic acids is 2. The molecule has 7 nitrogen and oxygen atoms in total. The fourth-order valence-corrected chi connectivity index (χ4v) is 1.65. The molecule has 0 fully saturated rings. The molecule has 0 aliphatic carbocycles. The van der Waals surface area contributed by atoms with E-state index in [9.17, 15) is 9.59 Å². The molecule has 2 amide bonds. The fourth-order valence-electron chi connectivity index (χ4n) is 1.65. The second kappa shape index (κ2) is 7.65. The van der Waals surface area contributed by atoms with Gasteiger partial charge in [-0.15, -0.1) is 0 Å². The van der Waals surface area contributed by atoms with Crippen molar-refractivity contribution < 1.29 is 23.8 Å². The van der Waals surface area contributed by atoms with Crippen molar-refractivity contribution >= 4 is 12.0 Å². The molecule has 0 spiro atoms. The van der Waals surface area contributed by atoms with E-state index in [0.717, 1.165) is 0 Å². The molecular weight excluding hydrogens is 288 g/mol. The minimum absolute atomic E-state index is 0.515. The van der Waals surface area contributed by atoms with Gasteiger partial charge < -0.3 is 14.2 Å². The molecule has 1 rings (SSSR count). The average Bonchev–Trinajstić information content (AvgIpc) is 2.45. The Labute approximate surface area is 129 Å². The Morgan fingerprint density at radius 2 is 1.64 bits per heavy atom. The third-order valence-corrected chi connectivity index (χ3v) is 2.58. The number of methoxy groups -OCH3 is 2. The smallest absolute Gasteiger partial charge is 0.426 e. The van der Waals surface area contributed by atoms with Gasteiger partial charge in [-0.1, -0.05) is 12.1 Å². The van der Waals surface area contributed by atoms with Crippen LogP contribution in [-0.4, -0.2) is 31.8 Å². The molecule has 122 valence electrons. The molecule has 0 radical (unpaired) electrons. The lowest BCUT2D eigenvalue weighted by Crippen LogP contribution is -2.46. The second-order valence-electron chi connectivity index (χ2n) is 5.51. The predicted molar refractivity (Wildman–Crippen MR) is 80.3 cm³/mol. The summed E-state index contributed by atoms with van der Waals surface area (Å²) in [5.74, 6) is 0.157. The van der Waals surface area contributed by atoms with E-state index < -0.39 is 23.7 Å². The molecule has 0 saturated heterocycles. The molecule has 0 bridgehead atoms. The normalized spacial score (nSPS) is 12.2. The van der Waals surface area contributed by atoms with E-state index >= 15 is 0 Å². The highest BCUT2D eigenvalue weighted by Crippen LogP contribution is 2.20. The third kappa shape index (κ3) is 5.61. The molecule has 0 aromatic heterocycles. The largest absolute Gasteiger partial charge is 0.497 e. The molecule has 1 unspecified atom stereocenters. The molecule has 1 aromatic carbocycles. The molecule has 7 heteroatoms. The topological polar surface area (TPSA) is 85.9 Å². The summed E-state index contributed by atoms with van der Waals surface area (Å²) in [7, 11) is 2.96. The Bertz CT molecular complexity index is 508. The quantitative estimate of drug-likeness (QED) is 0.830. The van der Waals surface area contributed by atoms with Crippen LogP contribution in [0, 0.1) is 0 Å². The lowest BCUT2D eigenvalue weighted by Gasteiger charge is -2.21. The van der Waals surface area contributed by atoms with Gasteiger partial charge >= 0.3 is 6.09 Å². The van der Waals surface area contributed by atoms with Crippen molar-refractivity contribution in [2.24, 2.45) is 0 Å². The SMILES string of the molecule is COc1ccc(C(OC)C(=O)NNC(=O)OC(C)(C)C)cc1. The molecule has 0 aliphatic heterocycles. The van der Waals surface area contributed by atoms with Gasteiger partial charge in [0.05, 0.1) is 7.11 Å². The number of hydrogen-bond donors (Lipinski definition) is 2. The number of benzene rings is 1. The van der Waals surface area contributed by atoms with Gasteiger partial charge in [-0.25, -0.2) is 10.2 Å². The van der Waals surface area contributed by atoms with Crippen LogP contribution < -0.4 is 15.6 Å². The van der Waals surface area contributed by atoms with Crippen molar-refractivity contribution in [2.75, 3.05) is 14.2 Å². The van der Waals surface area contributed by atoms with Gasteiger partial charge in [0.2, 0.25) is 0 Å². The minimum atomic E-state index is -0.860. The number of hydrazine groups is 1. The Hall–Kier alpha value is -2.28. The molecule has 1 atom stereocenters. The van der Waals surface area contributed by atoms with Crippen molar-refractivity contribution in [1.82, 2.24) is 10.9 Å². The van der Waals surface area contributed by atoms with Gasteiger partial charge in [-0.2, -0.15) is 0 Å². The van der Waals surface area contributed by atoms with E-state index in [0.29, 0.717) is 11.3 Å². The summed E-state index contributed by atoms with van der Waals surface area (Å²) < 4.78 is 15.2. The zero-order chi connectivity index (χ0) is 16.8. The first-order valence-corrected chi connectivity index (χ1v) is 6.72. The number of rotatable bonds is 4. The fraction of sp³-hybridized carbons (Fsp3) is 0.467. The van der Waals surface area contributed by atoms with Gasteiger partial charge in [0, 0.05) is 7.11 Å². The van der Waals surface area contributed by atoms with Crippen LogP contribution in [0.25, 0.3) is 0 Å². The molecule has 0 heterocycles. The van der Waals surface area contributed by atoms with E-state index in [1.807, 2.05) is 0 Å². The summed E-state index contributed by atoms with van der Waals surface area (Å²) >= 11 is 0. The van der Waals surface area contributed by atoms with Crippen LogP contribution in [0.5, 0.6) is 5.75 Å². The lowest BCUT2D eigenvalue weighted by atomic mass is 10.1. The van der Waals surface area contributed by atoms with E-state index in [2.05, 4.69) is 10.9 Å². The second-order valence-corrected chi connectivity index (χ2v) is 5.51. The Morgan fingerprint density at radius 3 is 2.09 bits per heavy atom. The minimum Gasteiger partial charge on any atom is -0.497 e. The average molecular weight is 310 g/mol. The zero-order valence-electron chi connectivity index (χ0n) is 13.4. The van der Waals surface area contributed by atoms with E-state index in [4.69, 9.17) is 14.2 Å². The maximum atomic E-state index is 12.1. The monoisotopic (exact) mass is 310 g/mol. The van der Waals surface area contributed by atoms with Crippen molar-refractivity contribution in [3.63, 3.8) is 0 Å². The van der Waals surface area contributed by atoms with Gasteiger partial charge in [0.15, 0.2) is 6.10 Å². The molecular formula is C15H22N2O5. The molecule has 2 N–H and O–H groups in total. The van der Waals surface area contributed by atoms with Crippen molar-refractivity contribution in [3.8, 4) is 5.75 Å².